The largest absolute Gasteiger partial charge is 0.379 e. The average Bonchev–Trinajstić information content (AvgIpc) is 2.70. The molecule has 1 aromatic rings. The second-order valence-electron chi connectivity index (χ2n) is 4.12. The molecule has 0 aromatic carbocycles. The molecule has 0 spiro atoms. The number of hydrogen-bond acceptors (Lipinski definition) is 4. The second kappa shape index (κ2) is 7.04. The average molecular weight is 385 g/mol. The van der Waals surface area contributed by atoms with Crippen molar-refractivity contribution >= 4 is 43.4 Å². The van der Waals surface area contributed by atoms with Crippen LogP contribution in [0, 0.1) is 0 Å². The quantitative estimate of drug-likeness (QED) is 0.424. The van der Waals surface area contributed by atoms with Crippen molar-refractivity contribution in [3.8, 4) is 0 Å². The summed E-state index contributed by atoms with van der Waals surface area (Å²) in [7, 11) is -3.50. The molecule has 9 heteroatoms. The molecule has 20 heavy (non-hydrogen) atoms. The zero-order valence-corrected chi connectivity index (χ0v) is 13.9. The smallest absolute Gasteiger partial charge is 0.304 e. The fourth-order valence-electron chi connectivity index (χ4n) is 1.93. The summed E-state index contributed by atoms with van der Waals surface area (Å²) in [6, 6.07) is 3.18. The van der Waals surface area contributed by atoms with Gasteiger partial charge in [-0.25, -0.2) is 4.98 Å². The minimum atomic E-state index is -3.50. The highest BCUT2D eigenvalue weighted by Crippen LogP contribution is 2.26. The van der Waals surface area contributed by atoms with E-state index in [1.807, 2.05) is 0 Å². The first-order valence-corrected chi connectivity index (χ1v) is 8.98. The number of pyridine rings is 1. The molecule has 1 aliphatic rings. The third-order valence-corrected chi connectivity index (χ3v) is 5.36. The van der Waals surface area contributed by atoms with Gasteiger partial charge in [-0.3, -0.25) is 4.31 Å². The van der Waals surface area contributed by atoms with Crippen molar-refractivity contribution in [1.29, 1.82) is 0 Å². The molecule has 0 N–H and O–H groups in total. The molecule has 0 bridgehead atoms. The van der Waals surface area contributed by atoms with Crippen molar-refractivity contribution in [1.82, 2.24) is 9.29 Å². The predicted molar refractivity (Wildman–Crippen MR) is 81.7 cm³/mol. The number of ether oxygens (including phenoxy) is 1. The van der Waals surface area contributed by atoms with Crippen molar-refractivity contribution in [2.24, 2.45) is 0 Å². The van der Waals surface area contributed by atoms with Crippen molar-refractivity contribution in [3.63, 3.8) is 0 Å². The third kappa shape index (κ3) is 3.62. The van der Waals surface area contributed by atoms with Gasteiger partial charge >= 0.3 is 10.2 Å². The number of rotatable bonds is 6. The molecule has 0 saturated carbocycles. The number of halogens is 2. The maximum atomic E-state index is 12.4. The van der Waals surface area contributed by atoms with E-state index in [1.54, 1.807) is 12.1 Å². The van der Waals surface area contributed by atoms with E-state index >= 15 is 0 Å². The molecule has 1 aliphatic heterocycles. The van der Waals surface area contributed by atoms with Gasteiger partial charge in [0, 0.05) is 31.2 Å². The van der Waals surface area contributed by atoms with E-state index in [2.05, 4.69) is 20.9 Å². The summed E-state index contributed by atoms with van der Waals surface area (Å²) >= 11 is 9.05. The summed E-state index contributed by atoms with van der Waals surface area (Å²) in [4.78, 5) is 3.85. The van der Waals surface area contributed by atoms with E-state index in [-0.39, 0.29) is 5.15 Å². The van der Waals surface area contributed by atoms with E-state index in [0.717, 1.165) is 5.33 Å². The minimum Gasteiger partial charge on any atom is -0.379 e. The zero-order valence-electron chi connectivity index (χ0n) is 10.7. The fourth-order valence-corrected chi connectivity index (χ4v) is 3.92. The van der Waals surface area contributed by atoms with Crippen LogP contribution in [0.15, 0.2) is 18.3 Å². The highest BCUT2D eigenvalue weighted by Gasteiger charge is 2.36. The lowest BCUT2D eigenvalue weighted by Gasteiger charge is -2.20. The van der Waals surface area contributed by atoms with E-state index in [0.29, 0.717) is 38.5 Å². The second-order valence-corrected chi connectivity index (χ2v) is 7.15. The van der Waals surface area contributed by atoms with Gasteiger partial charge in [0.15, 0.2) is 0 Å². The summed E-state index contributed by atoms with van der Waals surface area (Å²) in [6.45, 7) is 2.15. The highest BCUT2D eigenvalue weighted by atomic mass is 79.9. The summed E-state index contributed by atoms with van der Waals surface area (Å²) in [5.74, 6) is 0. The number of alkyl halides is 1. The summed E-state index contributed by atoms with van der Waals surface area (Å²) in [6.07, 6.45) is 1.49. The van der Waals surface area contributed by atoms with Crippen LogP contribution in [0.25, 0.3) is 0 Å². The minimum absolute atomic E-state index is 0.275. The lowest BCUT2D eigenvalue weighted by Crippen LogP contribution is -2.35. The molecule has 0 aliphatic carbocycles. The van der Waals surface area contributed by atoms with Gasteiger partial charge < -0.3 is 4.74 Å². The van der Waals surface area contributed by atoms with Gasteiger partial charge in [0.25, 0.3) is 0 Å². The van der Waals surface area contributed by atoms with Crippen molar-refractivity contribution in [2.75, 3.05) is 42.5 Å². The number of aromatic nitrogens is 1. The maximum absolute atomic E-state index is 12.4. The standard InChI is InChI=1S/C11H15BrClN3O3S/c12-2-7-19-8-6-15-4-5-16(20(15,17)18)10-1-3-14-11(13)9-10/h1,3,9H,2,4-8H2. The predicted octanol–water partition coefficient (Wildman–Crippen LogP) is 1.51. The molecule has 6 nitrogen and oxygen atoms in total. The number of anilines is 1. The van der Waals surface area contributed by atoms with Crippen LogP contribution in [0.5, 0.6) is 0 Å². The first-order valence-electron chi connectivity index (χ1n) is 6.09. The molecular formula is C11H15BrClN3O3S. The third-order valence-electron chi connectivity index (χ3n) is 2.86. The highest BCUT2D eigenvalue weighted by molar-refractivity contribution is 9.09. The van der Waals surface area contributed by atoms with E-state index in [1.165, 1.54) is 14.8 Å². The van der Waals surface area contributed by atoms with Gasteiger partial charge in [-0.05, 0) is 12.1 Å². The van der Waals surface area contributed by atoms with Crippen LogP contribution >= 0.6 is 27.5 Å². The summed E-state index contributed by atoms with van der Waals surface area (Å²) in [5, 5.41) is 1.01. The molecule has 2 rings (SSSR count). The Hall–Kier alpha value is -0.410. The molecular weight excluding hydrogens is 370 g/mol. The normalized spacial score (nSPS) is 18.6. The van der Waals surface area contributed by atoms with Crippen molar-refractivity contribution in [2.45, 2.75) is 0 Å². The summed E-state index contributed by atoms with van der Waals surface area (Å²) in [5.41, 5.74) is 0.536. The van der Waals surface area contributed by atoms with Crippen LogP contribution in [-0.4, -0.2) is 55.9 Å². The Morgan fingerprint density at radius 1 is 1.40 bits per heavy atom. The Morgan fingerprint density at radius 2 is 2.20 bits per heavy atom. The van der Waals surface area contributed by atoms with Crippen molar-refractivity contribution in [3.05, 3.63) is 23.5 Å². The molecule has 1 fully saturated rings. The molecule has 0 radical (unpaired) electrons. The van der Waals surface area contributed by atoms with Crippen LogP contribution in [0.4, 0.5) is 5.69 Å². The molecule has 0 unspecified atom stereocenters. The topological polar surface area (TPSA) is 62.7 Å². The number of hydrogen-bond donors (Lipinski definition) is 0. The Bertz CT molecular complexity index is 558. The van der Waals surface area contributed by atoms with Gasteiger partial charge in [0.1, 0.15) is 5.15 Å². The number of nitrogens with zero attached hydrogens (tertiary/aromatic N) is 3. The lowest BCUT2D eigenvalue weighted by molar-refractivity contribution is 0.139. The monoisotopic (exact) mass is 383 g/mol. The molecule has 0 atom stereocenters. The van der Waals surface area contributed by atoms with Crippen LogP contribution in [-0.2, 0) is 14.9 Å². The van der Waals surface area contributed by atoms with Crippen LogP contribution in [0.1, 0.15) is 0 Å². The van der Waals surface area contributed by atoms with Gasteiger partial charge in [0.05, 0.1) is 18.9 Å². The Balaban J connectivity index is 2.04. The van der Waals surface area contributed by atoms with Gasteiger partial charge in [-0.1, -0.05) is 27.5 Å². The van der Waals surface area contributed by atoms with Crippen molar-refractivity contribution < 1.29 is 13.2 Å². The van der Waals surface area contributed by atoms with Gasteiger partial charge in [-0.2, -0.15) is 12.7 Å². The lowest BCUT2D eigenvalue weighted by atomic mass is 10.4. The Labute approximate surface area is 132 Å². The van der Waals surface area contributed by atoms with Gasteiger partial charge in [-0.15, -0.1) is 0 Å². The summed E-state index contributed by atoms with van der Waals surface area (Å²) < 4.78 is 32.8. The van der Waals surface area contributed by atoms with Crippen LogP contribution in [0.3, 0.4) is 0 Å². The van der Waals surface area contributed by atoms with Crippen LogP contribution < -0.4 is 4.31 Å². The molecule has 1 aromatic heterocycles. The molecule has 112 valence electrons. The maximum Gasteiger partial charge on any atom is 0.304 e. The molecule has 2 heterocycles. The Kier molecular flexibility index (Phi) is 5.62. The zero-order chi connectivity index (χ0) is 14.6. The van der Waals surface area contributed by atoms with Crippen LogP contribution in [0.2, 0.25) is 5.15 Å². The van der Waals surface area contributed by atoms with E-state index in [9.17, 15) is 8.42 Å². The van der Waals surface area contributed by atoms with E-state index < -0.39 is 10.2 Å². The van der Waals surface area contributed by atoms with E-state index in [4.69, 9.17) is 16.3 Å². The fraction of sp³-hybridized carbons (Fsp3) is 0.545. The first-order chi connectivity index (χ1) is 9.55. The molecule has 0 amide bonds. The van der Waals surface area contributed by atoms with Gasteiger partial charge in [0.2, 0.25) is 0 Å². The SMILES string of the molecule is O=S1(=O)N(CCOCCBr)CCN1c1ccnc(Cl)c1. The first kappa shape index (κ1) is 16.0. The molecule has 1 saturated heterocycles. The Morgan fingerprint density at radius 3 is 2.90 bits per heavy atom.